The summed E-state index contributed by atoms with van der Waals surface area (Å²) in [5.74, 6) is -1.10. The molecule has 0 radical (unpaired) electrons. The molecule has 0 aliphatic carbocycles. The number of aromatic nitrogens is 4. The SMILES string of the molecule is O=C(NCc1ccc(F)cc1)c1cc(-c2ccc(F)cc2)c2nncn2n1. The number of rotatable bonds is 4. The number of halogens is 2. The monoisotopic (exact) mass is 365 g/mol. The Labute approximate surface area is 152 Å². The Morgan fingerprint density at radius 3 is 2.37 bits per heavy atom. The third-order valence-corrected chi connectivity index (χ3v) is 4.02. The van der Waals surface area contributed by atoms with Crippen molar-refractivity contribution >= 4 is 11.6 Å². The molecule has 2 aromatic carbocycles. The summed E-state index contributed by atoms with van der Waals surface area (Å²) in [6.07, 6.45) is 1.39. The first kappa shape index (κ1) is 16.8. The maximum Gasteiger partial charge on any atom is 0.272 e. The first-order valence-electron chi connectivity index (χ1n) is 8.10. The number of fused-ring (bicyclic) bond motifs is 1. The van der Waals surface area contributed by atoms with Gasteiger partial charge in [0.25, 0.3) is 5.91 Å². The van der Waals surface area contributed by atoms with E-state index in [1.165, 1.54) is 35.1 Å². The van der Waals surface area contributed by atoms with Crippen LogP contribution in [0.5, 0.6) is 0 Å². The molecule has 4 aromatic rings. The third kappa shape index (κ3) is 3.50. The predicted octanol–water partition coefficient (Wildman–Crippen LogP) is 3.00. The Kier molecular flexibility index (Phi) is 4.29. The molecule has 0 saturated heterocycles. The normalized spacial score (nSPS) is 10.9. The second-order valence-corrected chi connectivity index (χ2v) is 5.86. The fourth-order valence-electron chi connectivity index (χ4n) is 2.65. The quantitative estimate of drug-likeness (QED) is 0.603. The number of nitrogens with one attached hydrogen (secondary N) is 1. The second kappa shape index (κ2) is 6.91. The molecule has 0 bridgehead atoms. The number of carbonyl (C=O) groups is 1. The molecule has 134 valence electrons. The second-order valence-electron chi connectivity index (χ2n) is 5.86. The van der Waals surface area contributed by atoms with Crippen LogP contribution in [0.25, 0.3) is 16.8 Å². The summed E-state index contributed by atoms with van der Waals surface area (Å²) in [5, 5.41) is 14.8. The van der Waals surface area contributed by atoms with Gasteiger partial charge >= 0.3 is 0 Å². The fraction of sp³-hybridized carbons (Fsp3) is 0.0526. The average molecular weight is 365 g/mol. The van der Waals surface area contributed by atoms with Crippen LogP contribution in [0.1, 0.15) is 16.1 Å². The highest BCUT2D eigenvalue weighted by Gasteiger charge is 2.15. The lowest BCUT2D eigenvalue weighted by Crippen LogP contribution is -2.24. The highest BCUT2D eigenvalue weighted by molar-refractivity contribution is 5.94. The van der Waals surface area contributed by atoms with Gasteiger partial charge in [-0.2, -0.15) is 9.61 Å². The predicted molar refractivity (Wildman–Crippen MR) is 93.7 cm³/mol. The maximum atomic E-state index is 13.2. The minimum absolute atomic E-state index is 0.156. The highest BCUT2D eigenvalue weighted by Crippen LogP contribution is 2.24. The van der Waals surface area contributed by atoms with E-state index in [1.807, 2.05) is 0 Å². The molecule has 1 N–H and O–H groups in total. The van der Waals surface area contributed by atoms with Gasteiger partial charge in [-0.3, -0.25) is 4.79 Å². The zero-order valence-electron chi connectivity index (χ0n) is 13.9. The molecule has 0 aliphatic rings. The molecule has 2 heterocycles. The molecule has 0 fully saturated rings. The van der Waals surface area contributed by atoms with Gasteiger partial charge in [0.15, 0.2) is 5.65 Å². The largest absolute Gasteiger partial charge is 0.347 e. The standard InChI is InChI=1S/C19H13F2N5O/c20-14-5-1-12(2-6-14)10-22-19(27)17-9-16(13-3-7-15(21)8-4-13)18-24-23-11-26(18)25-17/h1-9,11H,10H2,(H,22,27). The topological polar surface area (TPSA) is 72.2 Å². The van der Waals surface area contributed by atoms with Crippen LogP contribution in [0.2, 0.25) is 0 Å². The Hall–Kier alpha value is -3.68. The van der Waals surface area contributed by atoms with E-state index in [0.717, 1.165) is 5.56 Å². The Morgan fingerprint density at radius 1 is 1.00 bits per heavy atom. The molecular weight excluding hydrogens is 352 g/mol. The number of hydrogen-bond donors (Lipinski definition) is 1. The zero-order chi connectivity index (χ0) is 18.8. The molecule has 0 spiro atoms. The van der Waals surface area contributed by atoms with Crippen molar-refractivity contribution in [1.82, 2.24) is 25.1 Å². The van der Waals surface area contributed by atoms with Gasteiger partial charge in [0, 0.05) is 12.1 Å². The van der Waals surface area contributed by atoms with Crippen LogP contribution < -0.4 is 5.32 Å². The first-order valence-corrected chi connectivity index (χ1v) is 8.10. The smallest absolute Gasteiger partial charge is 0.272 e. The van der Waals surface area contributed by atoms with Crippen LogP contribution in [-0.2, 0) is 6.54 Å². The van der Waals surface area contributed by atoms with E-state index in [2.05, 4.69) is 20.6 Å². The van der Waals surface area contributed by atoms with E-state index >= 15 is 0 Å². The third-order valence-electron chi connectivity index (χ3n) is 4.02. The summed E-state index contributed by atoms with van der Waals surface area (Å²) in [7, 11) is 0. The van der Waals surface area contributed by atoms with Crippen molar-refractivity contribution in [2.75, 3.05) is 0 Å². The lowest BCUT2D eigenvalue weighted by Gasteiger charge is -2.08. The van der Waals surface area contributed by atoms with Crippen LogP contribution in [0, 0.1) is 11.6 Å². The van der Waals surface area contributed by atoms with Crippen LogP contribution >= 0.6 is 0 Å². The molecule has 0 unspecified atom stereocenters. The zero-order valence-corrected chi connectivity index (χ0v) is 13.9. The van der Waals surface area contributed by atoms with Gasteiger partial charge in [-0.1, -0.05) is 24.3 Å². The number of hydrogen-bond acceptors (Lipinski definition) is 4. The first-order chi connectivity index (χ1) is 13.1. The molecule has 8 heteroatoms. The van der Waals surface area contributed by atoms with Gasteiger partial charge < -0.3 is 5.32 Å². The summed E-state index contributed by atoms with van der Waals surface area (Å²) in [6, 6.07) is 13.3. The van der Waals surface area contributed by atoms with E-state index in [9.17, 15) is 13.6 Å². The minimum Gasteiger partial charge on any atom is -0.347 e. The highest BCUT2D eigenvalue weighted by atomic mass is 19.1. The average Bonchev–Trinajstić information content (AvgIpc) is 3.16. The molecule has 4 rings (SSSR count). The van der Waals surface area contributed by atoms with Gasteiger partial charge in [0.05, 0.1) is 0 Å². The van der Waals surface area contributed by atoms with Crippen molar-refractivity contribution in [3.8, 4) is 11.1 Å². The minimum atomic E-state index is -0.404. The van der Waals surface area contributed by atoms with Crippen molar-refractivity contribution in [3.63, 3.8) is 0 Å². The number of carbonyl (C=O) groups excluding carboxylic acids is 1. The Bertz CT molecular complexity index is 1110. The van der Waals surface area contributed by atoms with Crippen LogP contribution in [0.3, 0.4) is 0 Å². The summed E-state index contributed by atoms with van der Waals surface area (Å²) in [6.45, 7) is 0.229. The van der Waals surface area contributed by atoms with E-state index < -0.39 is 5.91 Å². The van der Waals surface area contributed by atoms with Crippen molar-refractivity contribution in [2.24, 2.45) is 0 Å². The van der Waals surface area contributed by atoms with Gasteiger partial charge in [-0.05, 0) is 41.5 Å². The van der Waals surface area contributed by atoms with E-state index in [4.69, 9.17) is 0 Å². The summed E-state index contributed by atoms with van der Waals surface area (Å²) in [4.78, 5) is 12.5. The molecular formula is C19H13F2N5O. The van der Waals surface area contributed by atoms with Crippen molar-refractivity contribution in [3.05, 3.63) is 83.8 Å². The maximum absolute atomic E-state index is 13.2. The Balaban J connectivity index is 1.64. The lowest BCUT2D eigenvalue weighted by atomic mass is 10.1. The van der Waals surface area contributed by atoms with E-state index in [0.29, 0.717) is 16.8 Å². The number of amides is 1. The van der Waals surface area contributed by atoms with Crippen molar-refractivity contribution in [2.45, 2.75) is 6.54 Å². The molecule has 6 nitrogen and oxygen atoms in total. The summed E-state index contributed by atoms with van der Waals surface area (Å²) in [5.41, 5.74) is 2.66. The number of benzene rings is 2. The van der Waals surface area contributed by atoms with Gasteiger partial charge in [0.1, 0.15) is 23.7 Å². The number of nitrogens with zero attached hydrogens (tertiary/aromatic N) is 4. The summed E-state index contributed by atoms with van der Waals surface area (Å²) >= 11 is 0. The fourth-order valence-corrected chi connectivity index (χ4v) is 2.65. The van der Waals surface area contributed by atoms with Gasteiger partial charge in [0.2, 0.25) is 0 Å². The molecule has 2 aromatic heterocycles. The molecule has 1 amide bonds. The van der Waals surface area contributed by atoms with Gasteiger partial charge in [-0.25, -0.2) is 8.78 Å². The van der Waals surface area contributed by atoms with Crippen molar-refractivity contribution < 1.29 is 13.6 Å². The Morgan fingerprint density at radius 2 is 1.67 bits per heavy atom. The summed E-state index contributed by atoms with van der Waals surface area (Å²) < 4.78 is 27.6. The van der Waals surface area contributed by atoms with E-state index in [1.54, 1.807) is 30.3 Å². The molecule has 0 atom stereocenters. The lowest BCUT2D eigenvalue weighted by molar-refractivity contribution is 0.0944. The van der Waals surface area contributed by atoms with Crippen LogP contribution in [-0.4, -0.2) is 25.7 Å². The molecule has 0 saturated carbocycles. The van der Waals surface area contributed by atoms with Crippen molar-refractivity contribution in [1.29, 1.82) is 0 Å². The van der Waals surface area contributed by atoms with Crippen LogP contribution in [0.4, 0.5) is 8.78 Å². The molecule has 0 aliphatic heterocycles. The van der Waals surface area contributed by atoms with Gasteiger partial charge in [-0.15, -0.1) is 10.2 Å². The molecule has 27 heavy (non-hydrogen) atoms. The van der Waals surface area contributed by atoms with E-state index in [-0.39, 0.29) is 23.9 Å². The van der Waals surface area contributed by atoms with Crippen LogP contribution in [0.15, 0.2) is 60.9 Å².